The lowest BCUT2D eigenvalue weighted by atomic mass is 10.1. The molecule has 1 heterocycles. The van der Waals surface area contributed by atoms with Crippen molar-refractivity contribution in [2.75, 3.05) is 25.7 Å². The highest BCUT2D eigenvalue weighted by Crippen LogP contribution is 2.38. The van der Waals surface area contributed by atoms with E-state index in [0.717, 1.165) is 16.3 Å². The van der Waals surface area contributed by atoms with Crippen molar-refractivity contribution in [3.63, 3.8) is 0 Å². The number of nitrogens with one attached hydrogen (secondary N) is 2. The third-order valence-electron chi connectivity index (χ3n) is 4.73. The molecule has 172 valence electrons. The second-order valence-corrected chi connectivity index (χ2v) is 7.86. The summed E-state index contributed by atoms with van der Waals surface area (Å²) in [6.07, 6.45) is 1.89. The molecular formula is C24H25N3O5S. The molecule has 3 aromatic rings. The SMILES string of the molecule is COc1cc(C(=O)NCCc2cccc(N(C=N)c3cccs3)c2)cc(OC)c1OC(C)=O. The molecule has 0 atom stereocenters. The molecule has 0 aliphatic rings. The summed E-state index contributed by atoms with van der Waals surface area (Å²) in [7, 11) is 2.84. The molecule has 9 heteroatoms. The molecule has 0 fully saturated rings. The number of amides is 1. The van der Waals surface area contributed by atoms with E-state index in [-0.39, 0.29) is 23.2 Å². The summed E-state index contributed by atoms with van der Waals surface area (Å²) in [5.41, 5.74) is 2.23. The normalized spacial score (nSPS) is 10.3. The molecule has 0 aliphatic carbocycles. The Hall–Kier alpha value is -3.85. The third kappa shape index (κ3) is 5.89. The predicted octanol–water partition coefficient (Wildman–Crippen LogP) is 4.41. The summed E-state index contributed by atoms with van der Waals surface area (Å²) in [5, 5.41) is 13.6. The summed E-state index contributed by atoms with van der Waals surface area (Å²) in [5.74, 6) is -0.253. The van der Waals surface area contributed by atoms with E-state index in [1.807, 2.05) is 41.8 Å². The van der Waals surface area contributed by atoms with Crippen molar-refractivity contribution >= 4 is 40.2 Å². The van der Waals surface area contributed by atoms with E-state index in [9.17, 15) is 9.59 Å². The molecule has 1 amide bonds. The monoisotopic (exact) mass is 467 g/mol. The minimum atomic E-state index is -0.522. The van der Waals surface area contributed by atoms with E-state index in [0.29, 0.717) is 18.5 Å². The van der Waals surface area contributed by atoms with Crippen LogP contribution in [0.5, 0.6) is 17.2 Å². The number of carbonyl (C=O) groups is 2. The molecule has 0 spiro atoms. The first kappa shape index (κ1) is 23.8. The topological polar surface area (TPSA) is 101 Å². The van der Waals surface area contributed by atoms with Crippen molar-refractivity contribution in [3.05, 3.63) is 65.0 Å². The Morgan fingerprint density at radius 3 is 2.39 bits per heavy atom. The van der Waals surface area contributed by atoms with Crippen LogP contribution in [-0.4, -0.2) is 39.0 Å². The van der Waals surface area contributed by atoms with Gasteiger partial charge in [-0.2, -0.15) is 0 Å². The number of anilines is 2. The van der Waals surface area contributed by atoms with Gasteiger partial charge in [-0.1, -0.05) is 12.1 Å². The zero-order valence-corrected chi connectivity index (χ0v) is 19.4. The van der Waals surface area contributed by atoms with Crippen LogP contribution in [0.25, 0.3) is 0 Å². The first-order valence-electron chi connectivity index (χ1n) is 10.1. The van der Waals surface area contributed by atoms with Crippen LogP contribution < -0.4 is 24.4 Å². The van der Waals surface area contributed by atoms with Gasteiger partial charge in [0.15, 0.2) is 11.5 Å². The highest BCUT2D eigenvalue weighted by Gasteiger charge is 2.19. The van der Waals surface area contributed by atoms with Crippen molar-refractivity contribution < 1.29 is 23.8 Å². The number of benzene rings is 2. The van der Waals surface area contributed by atoms with Gasteiger partial charge in [-0.15, -0.1) is 11.3 Å². The van der Waals surface area contributed by atoms with Gasteiger partial charge in [0.2, 0.25) is 5.75 Å². The summed E-state index contributed by atoms with van der Waals surface area (Å²) in [4.78, 5) is 25.9. The standard InChI is InChI=1S/C24H25N3O5S/c1-16(28)32-23-20(30-2)13-18(14-21(23)31-3)24(29)26-10-9-17-6-4-7-19(12-17)27(15-25)22-8-5-11-33-22/h4-8,11-15,25H,9-10H2,1-3H3,(H,26,29). The van der Waals surface area contributed by atoms with Crippen molar-refractivity contribution in [1.29, 1.82) is 5.41 Å². The van der Waals surface area contributed by atoms with Gasteiger partial charge in [-0.05, 0) is 53.8 Å². The Balaban J connectivity index is 1.68. The van der Waals surface area contributed by atoms with E-state index in [2.05, 4.69) is 5.32 Å². The van der Waals surface area contributed by atoms with Crippen molar-refractivity contribution in [3.8, 4) is 17.2 Å². The molecule has 0 saturated carbocycles. The molecule has 0 aliphatic heterocycles. The first-order chi connectivity index (χ1) is 16.0. The van der Waals surface area contributed by atoms with Gasteiger partial charge in [-0.25, -0.2) is 0 Å². The molecule has 8 nitrogen and oxygen atoms in total. The maximum Gasteiger partial charge on any atom is 0.308 e. The molecule has 33 heavy (non-hydrogen) atoms. The van der Waals surface area contributed by atoms with Crippen LogP contribution in [0.1, 0.15) is 22.8 Å². The van der Waals surface area contributed by atoms with Crippen LogP contribution in [-0.2, 0) is 11.2 Å². The Kier molecular flexibility index (Phi) is 8.04. The quantitative estimate of drug-likeness (QED) is 0.198. The Bertz CT molecular complexity index is 1110. The number of methoxy groups -OCH3 is 2. The van der Waals surface area contributed by atoms with Crippen molar-refractivity contribution in [2.24, 2.45) is 0 Å². The number of thiophene rings is 1. The number of esters is 1. The van der Waals surface area contributed by atoms with Crippen molar-refractivity contribution in [1.82, 2.24) is 5.32 Å². The molecule has 1 aromatic heterocycles. The number of hydrogen-bond donors (Lipinski definition) is 2. The maximum absolute atomic E-state index is 12.7. The van der Waals surface area contributed by atoms with Gasteiger partial charge in [0, 0.05) is 24.7 Å². The fraction of sp³-hybridized carbons (Fsp3) is 0.208. The predicted molar refractivity (Wildman–Crippen MR) is 129 cm³/mol. The molecule has 3 rings (SSSR count). The van der Waals surface area contributed by atoms with Gasteiger partial charge in [0.25, 0.3) is 5.91 Å². The van der Waals surface area contributed by atoms with Crippen LogP contribution >= 0.6 is 11.3 Å². The summed E-state index contributed by atoms with van der Waals surface area (Å²) < 4.78 is 15.7. The third-order valence-corrected chi connectivity index (χ3v) is 5.60. The van der Waals surface area contributed by atoms with Gasteiger partial charge >= 0.3 is 5.97 Å². The Morgan fingerprint density at radius 1 is 1.09 bits per heavy atom. The van der Waals surface area contributed by atoms with Crippen LogP contribution in [0.2, 0.25) is 0 Å². The lowest BCUT2D eigenvalue weighted by Gasteiger charge is -2.18. The van der Waals surface area contributed by atoms with Crippen LogP contribution in [0.3, 0.4) is 0 Å². The van der Waals surface area contributed by atoms with Gasteiger partial charge < -0.3 is 19.5 Å². The zero-order chi connectivity index (χ0) is 23.8. The first-order valence-corrected chi connectivity index (χ1v) is 11.0. The van der Waals surface area contributed by atoms with E-state index in [1.54, 1.807) is 16.2 Å². The minimum Gasteiger partial charge on any atom is -0.493 e. The number of ether oxygens (including phenoxy) is 3. The Morgan fingerprint density at radius 2 is 1.82 bits per heavy atom. The summed E-state index contributed by atoms with van der Waals surface area (Å²) in [6, 6.07) is 14.7. The van der Waals surface area contributed by atoms with Crippen LogP contribution in [0.4, 0.5) is 10.7 Å². The smallest absolute Gasteiger partial charge is 0.308 e. The number of carbonyl (C=O) groups excluding carboxylic acids is 2. The summed E-state index contributed by atoms with van der Waals surface area (Å²) >= 11 is 1.56. The minimum absolute atomic E-state index is 0.127. The largest absolute Gasteiger partial charge is 0.493 e. The van der Waals surface area contributed by atoms with Gasteiger partial charge in [-0.3, -0.25) is 19.9 Å². The van der Waals surface area contributed by atoms with Crippen LogP contribution in [0, 0.1) is 5.41 Å². The fourth-order valence-electron chi connectivity index (χ4n) is 3.21. The highest BCUT2D eigenvalue weighted by molar-refractivity contribution is 7.14. The molecule has 0 unspecified atom stereocenters. The highest BCUT2D eigenvalue weighted by atomic mass is 32.1. The van der Waals surface area contributed by atoms with Gasteiger partial charge in [0.1, 0.15) is 5.00 Å². The lowest BCUT2D eigenvalue weighted by Crippen LogP contribution is -2.26. The fourth-order valence-corrected chi connectivity index (χ4v) is 3.94. The molecule has 0 bridgehead atoms. The second-order valence-electron chi connectivity index (χ2n) is 6.93. The second kappa shape index (κ2) is 11.1. The molecule has 0 saturated heterocycles. The number of hydrogen-bond acceptors (Lipinski definition) is 7. The van der Waals surface area contributed by atoms with E-state index in [1.165, 1.54) is 39.6 Å². The van der Waals surface area contributed by atoms with Crippen LogP contribution in [0.15, 0.2) is 53.9 Å². The number of nitrogens with zero attached hydrogens (tertiary/aromatic N) is 1. The average molecular weight is 468 g/mol. The molecule has 2 aromatic carbocycles. The summed E-state index contributed by atoms with van der Waals surface area (Å²) in [6.45, 7) is 1.68. The zero-order valence-electron chi connectivity index (χ0n) is 18.6. The molecule has 2 N–H and O–H groups in total. The average Bonchev–Trinajstić information content (AvgIpc) is 3.34. The molecule has 0 radical (unpaired) electrons. The lowest BCUT2D eigenvalue weighted by molar-refractivity contribution is -0.132. The van der Waals surface area contributed by atoms with Crippen molar-refractivity contribution in [2.45, 2.75) is 13.3 Å². The van der Waals surface area contributed by atoms with E-state index >= 15 is 0 Å². The van der Waals surface area contributed by atoms with E-state index < -0.39 is 5.97 Å². The molecular weight excluding hydrogens is 442 g/mol. The Labute approximate surface area is 196 Å². The maximum atomic E-state index is 12.7. The van der Waals surface area contributed by atoms with Gasteiger partial charge in [0.05, 0.1) is 20.6 Å². The number of rotatable bonds is 10. The van der Waals surface area contributed by atoms with E-state index in [4.69, 9.17) is 19.6 Å².